The van der Waals surface area contributed by atoms with Crippen molar-refractivity contribution in [3.8, 4) is 0 Å². The molecule has 3 heteroatoms. The predicted octanol–water partition coefficient (Wildman–Crippen LogP) is 3.86. The molecule has 2 nitrogen and oxygen atoms in total. The summed E-state index contributed by atoms with van der Waals surface area (Å²) in [5, 5.41) is 0.512. The number of nitrogens with zero attached hydrogens (tertiary/aromatic N) is 1. The number of amides is 1. The number of hydrogen-bond acceptors (Lipinski definition) is 1. The van der Waals surface area contributed by atoms with E-state index in [0.29, 0.717) is 23.7 Å². The van der Waals surface area contributed by atoms with Gasteiger partial charge in [0.2, 0.25) is 0 Å². The molecule has 1 aromatic carbocycles. The van der Waals surface area contributed by atoms with Gasteiger partial charge in [-0.15, -0.1) is 0 Å². The maximum Gasteiger partial charge on any atom is 0.255 e. The lowest BCUT2D eigenvalue weighted by molar-refractivity contribution is 0.0773. The highest BCUT2D eigenvalue weighted by Gasteiger charge is 2.15. The van der Waals surface area contributed by atoms with Crippen molar-refractivity contribution in [2.24, 2.45) is 0 Å². The highest BCUT2D eigenvalue weighted by atomic mass is 35.5. The van der Waals surface area contributed by atoms with E-state index in [1.54, 1.807) is 11.0 Å². The summed E-state index contributed by atoms with van der Waals surface area (Å²) in [4.78, 5) is 13.9. The van der Waals surface area contributed by atoms with Gasteiger partial charge in [0.25, 0.3) is 5.91 Å². The molecular weight excluding hydrogens is 234 g/mol. The molecule has 0 aromatic heterocycles. The Balaban J connectivity index is 3.03. The van der Waals surface area contributed by atoms with Crippen LogP contribution in [0.25, 0.3) is 6.08 Å². The van der Waals surface area contributed by atoms with Crippen LogP contribution in [0.5, 0.6) is 0 Å². The van der Waals surface area contributed by atoms with Crippen molar-refractivity contribution in [3.05, 3.63) is 40.4 Å². The fourth-order valence-corrected chi connectivity index (χ4v) is 1.95. The molecule has 92 valence electrons. The molecule has 0 aliphatic heterocycles. The van der Waals surface area contributed by atoms with Crippen molar-refractivity contribution in [3.63, 3.8) is 0 Å². The maximum absolute atomic E-state index is 12.1. The SMILES string of the molecule is C/C=C/c1ccc(C(=O)N(CC)CC)c(Cl)c1. The van der Waals surface area contributed by atoms with Crippen LogP contribution in [0.1, 0.15) is 36.7 Å². The molecule has 0 heterocycles. The summed E-state index contributed by atoms with van der Waals surface area (Å²) in [6.45, 7) is 7.26. The van der Waals surface area contributed by atoms with Crippen LogP contribution >= 0.6 is 11.6 Å². The second-order valence-corrected chi connectivity index (χ2v) is 4.12. The molecule has 0 unspecified atom stereocenters. The Morgan fingerprint density at radius 1 is 1.35 bits per heavy atom. The van der Waals surface area contributed by atoms with E-state index in [0.717, 1.165) is 5.56 Å². The van der Waals surface area contributed by atoms with E-state index >= 15 is 0 Å². The molecule has 0 radical (unpaired) electrons. The van der Waals surface area contributed by atoms with Crippen LogP contribution in [0, 0.1) is 0 Å². The van der Waals surface area contributed by atoms with Gasteiger partial charge in [-0.2, -0.15) is 0 Å². The van der Waals surface area contributed by atoms with Gasteiger partial charge in [0.05, 0.1) is 10.6 Å². The number of carbonyl (C=O) groups excluding carboxylic acids is 1. The minimum Gasteiger partial charge on any atom is -0.339 e. The lowest BCUT2D eigenvalue weighted by atomic mass is 10.1. The van der Waals surface area contributed by atoms with Crippen LogP contribution in [-0.2, 0) is 0 Å². The number of allylic oxidation sites excluding steroid dienone is 1. The Morgan fingerprint density at radius 3 is 2.47 bits per heavy atom. The normalized spacial score (nSPS) is 10.8. The van der Waals surface area contributed by atoms with Gasteiger partial charge in [0.15, 0.2) is 0 Å². The van der Waals surface area contributed by atoms with Gasteiger partial charge in [0, 0.05) is 13.1 Å². The summed E-state index contributed by atoms with van der Waals surface area (Å²) >= 11 is 6.14. The molecule has 0 saturated carbocycles. The topological polar surface area (TPSA) is 20.3 Å². The Labute approximate surface area is 108 Å². The van der Waals surface area contributed by atoms with Crippen LogP contribution in [0.3, 0.4) is 0 Å². The Hall–Kier alpha value is -1.28. The first-order valence-electron chi connectivity index (χ1n) is 5.85. The van der Waals surface area contributed by atoms with E-state index < -0.39 is 0 Å². The Kier molecular flexibility index (Phi) is 5.23. The molecular formula is C14H18ClNO. The van der Waals surface area contributed by atoms with Crippen molar-refractivity contribution in [1.29, 1.82) is 0 Å². The van der Waals surface area contributed by atoms with Gasteiger partial charge < -0.3 is 4.90 Å². The molecule has 0 aliphatic rings. The zero-order valence-electron chi connectivity index (χ0n) is 10.5. The molecule has 0 N–H and O–H groups in total. The predicted molar refractivity (Wildman–Crippen MR) is 73.4 cm³/mol. The first-order valence-corrected chi connectivity index (χ1v) is 6.23. The van der Waals surface area contributed by atoms with Crippen LogP contribution in [-0.4, -0.2) is 23.9 Å². The van der Waals surface area contributed by atoms with E-state index in [9.17, 15) is 4.79 Å². The third kappa shape index (κ3) is 3.34. The molecule has 1 aromatic rings. The summed E-state index contributed by atoms with van der Waals surface area (Å²) in [5.41, 5.74) is 1.58. The zero-order valence-corrected chi connectivity index (χ0v) is 11.3. The average molecular weight is 252 g/mol. The van der Waals surface area contributed by atoms with Crippen LogP contribution in [0.15, 0.2) is 24.3 Å². The summed E-state index contributed by atoms with van der Waals surface area (Å²) in [6.07, 6.45) is 3.90. The van der Waals surface area contributed by atoms with Crippen LogP contribution < -0.4 is 0 Å². The molecule has 0 bridgehead atoms. The molecule has 0 saturated heterocycles. The largest absolute Gasteiger partial charge is 0.339 e. The summed E-state index contributed by atoms with van der Waals surface area (Å²) in [6, 6.07) is 5.51. The van der Waals surface area contributed by atoms with Crippen molar-refractivity contribution in [2.75, 3.05) is 13.1 Å². The fourth-order valence-electron chi connectivity index (χ4n) is 1.68. The molecule has 0 atom stereocenters. The van der Waals surface area contributed by atoms with Crippen LogP contribution in [0.2, 0.25) is 5.02 Å². The highest BCUT2D eigenvalue weighted by molar-refractivity contribution is 6.34. The lowest BCUT2D eigenvalue weighted by Gasteiger charge is -2.19. The van der Waals surface area contributed by atoms with E-state index in [2.05, 4.69) is 0 Å². The number of carbonyl (C=O) groups is 1. The zero-order chi connectivity index (χ0) is 12.8. The third-order valence-electron chi connectivity index (χ3n) is 2.63. The number of halogens is 1. The standard InChI is InChI=1S/C14H18ClNO/c1-4-7-11-8-9-12(13(15)10-11)14(17)16(5-2)6-3/h4,7-10H,5-6H2,1-3H3/b7-4+. The van der Waals surface area contributed by atoms with Gasteiger partial charge in [-0.05, 0) is 38.5 Å². The van der Waals surface area contributed by atoms with Gasteiger partial charge in [-0.3, -0.25) is 4.79 Å². The first kappa shape index (κ1) is 13.8. The fraction of sp³-hybridized carbons (Fsp3) is 0.357. The van der Waals surface area contributed by atoms with Crippen molar-refractivity contribution >= 4 is 23.6 Å². The van der Waals surface area contributed by atoms with E-state index in [1.807, 2.05) is 45.1 Å². The highest BCUT2D eigenvalue weighted by Crippen LogP contribution is 2.20. The summed E-state index contributed by atoms with van der Waals surface area (Å²) in [5.74, 6) is -0.00738. The number of hydrogen-bond donors (Lipinski definition) is 0. The van der Waals surface area contributed by atoms with Crippen molar-refractivity contribution in [2.45, 2.75) is 20.8 Å². The van der Waals surface area contributed by atoms with Crippen LogP contribution in [0.4, 0.5) is 0 Å². The smallest absolute Gasteiger partial charge is 0.255 e. The maximum atomic E-state index is 12.1. The molecule has 0 spiro atoms. The van der Waals surface area contributed by atoms with Gasteiger partial charge in [-0.25, -0.2) is 0 Å². The molecule has 17 heavy (non-hydrogen) atoms. The summed E-state index contributed by atoms with van der Waals surface area (Å²) in [7, 11) is 0. The van der Waals surface area contributed by atoms with E-state index in [-0.39, 0.29) is 5.91 Å². The summed E-state index contributed by atoms with van der Waals surface area (Å²) < 4.78 is 0. The van der Waals surface area contributed by atoms with Gasteiger partial charge in [0.1, 0.15) is 0 Å². The molecule has 0 fully saturated rings. The first-order chi connectivity index (χ1) is 8.13. The molecule has 1 rings (SSSR count). The third-order valence-corrected chi connectivity index (χ3v) is 2.95. The van der Waals surface area contributed by atoms with Crippen molar-refractivity contribution in [1.82, 2.24) is 4.90 Å². The minimum absolute atomic E-state index is 0.00738. The number of rotatable bonds is 4. The second-order valence-electron chi connectivity index (χ2n) is 3.72. The molecule has 0 aliphatic carbocycles. The average Bonchev–Trinajstić information content (AvgIpc) is 2.31. The molecule has 1 amide bonds. The van der Waals surface area contributed by atoms with E-state index in [4.69, 9.17) is 11.6 Å². The quantitative estimate of drug-likeness (QED) is 0.796. The number of benzene rings is 1. The Morgan fingerprint density at radius 2 is 2.00 bits per heavy atom. The van der Waals surface area contributed by atoms with Gasteiger partial charge in [-0.1, -0.05) is 29.8 Å². The minimum atomic E-state index is -0.00738. The van der Waals surface area contributed by atoms with Gasteiger partial charge >= 0.3 is 0 Å². The second kappa shape index (κ2) is 6.45. The lowest BCUT2D eigenvalue weighted by Crippen LogP contribution is -2.30. The monoisotopic (exact) mass is 251 g/mol. The Bertz CT molecular complexity index is 422. The van der Waals surface area contributed by atoms with E-state index in [1.165, 1.54) is 0 Å². The van der Waals surface area contributed by atoms with Crippen molar-refractivity contribution < 1.29 is 4.79 Å².